The highest BCUT2D eigenvalue weighted by Gasteiger charge is 2.16. The highest BCUT2D eigenvalue weighted by Crippen LogP contribution is 2.38. The van der Waals surface area contributed by atoms with Gasteiger partial charge in [0.25, 0.3) is 5.78 Å². The van der Waals surface area contributed by atoms with Gasteiger partial charge in [-0.25, -0.2) is 0 Å². The average Bonchev–Trinajstić information content (AvgIpc) is 3.06. The fourth-order valence-corrected chi connectivity index (χ4v) is 3.56. The molecule has 1 aromatic carbocycles. The van der Waals surface area contributed by atoms with Gasteiger partial charge in [0, 0.05) is 12.2 Å². The summed E-state index contributed by atoms with van der Waals surface area (Å²) in [6.45, 7) is 1.29. The summed E-state index contributed by atoms with van der Waals surface area (Å²) in [6, 6.07) is 3.94. The van der Waals surface area contributed by atoms with E-state index in [4.69, 9.17) is 21.1 Å². The van der Waals surface area contributed by atoms with E-state index in [-0.39, 0.29) is 0 Å². The van der Waals surface area contributed by atoms with Crippen LogP contribution in [-0.2, 0) is 6.42 Å². The molecule has 1 aliphatic rings. The zero-order chi connectivity index (χ0) is 15.6. The molecule has 1 N–H and O–H groups in total. The Hall–Kier alpha value is -1.93. The molecule has 0 bridgehead atoms. The number of hydrogen-bond donors (Lipinski definition) is 1. The third-order valence-electron chi connectivity index (χ3n) is 3.47. The van der Waals surface area contributed by atoms with Crippen LogP contribution in [0.15, 0.2) is 23.6 Å². The molecule has 3 heterocycles. The molecular weight excluding hydrogens is 338 g/mol. The summed E-state index contributed by atoms with van der Waals surface area (Å²) < 4.78 is 13.1. The summed E-state index contributed by atoms with van der Waals surface area (Å²) in [7, 11) is 0. The first kappa shape index (κ1) is 14.6. The summed E-state index contributed by atoms with van der Waals surface area (Å²) in [5.41, 5.74) is 1.11. The zero-order valence-corrected chi connectivity index (χ0v) is 13.7. The van der Waals surface area contributed by atoms with Crippen LogP contribution >= 0.6 is 23.4 Å². The van der Waals surface area contributed by atoms with Gasteiger partial charge in [-0.1, -0.05) is 23.4 Å². The van der Waals surface area contributed by atoms with Crippen LogP contribution in [0.25, 0.3) is 5.78 Å². The molecule has 3 aromatic rings. The minimum atomic E-state index is 0.575. The Balaban J connectivity index is 1.46. The van der Waals surface area contributed by atoms with Crippen molar-refractivity contribution in [3.63, 3.8) is 0 Å². The number of fused-ring (bicyclic) bond motifs is 2. The number of hydrogen-bond acceptors (Lipinski definition) is 6. The van der Waals surface area contributed by atoms with Gasteiger partial charge in [0.2, 0.25) is 5.16 Å². The van der Waals surface area contributed by atoms with E-state index in [0.717, 1.165) is 35.1 Å². The molecule has 0 aliphatic carbocycles. The third kappa shape index (κ3) is 2.96. The maximum absolute atomic E-state index is 6.31. The Kier molecular flexibility index (Phi) is 4.00. The number of H-pyrrole nitrogens is 1. The third-order valence-corrected chi connectivity index (χ3v) is 4.68. The number of aryl methyl sites for hydroxylation is 1. The molecule has 2 aromatic heterocycles. The predicted octanol–water partition coefficient (Wildman–Crippen LogP) is 2.60. The second kappa shape index (κ2) is 6.29. The van der Waals surface area contributed by atoms with Crippen molar-refractivity contribution in [2.24, 2.45) is 0 Å². The van der Waals surface area contributed by atoms with Crippen LogP contribution in [0.5, 0.6) is 11.5 Å². The first-order chi connectivity index (χ1) is 11.3. The zero-order valence-electron chi connectivity index (χ0n) is 12.2. The Labute approximate surface area is 141 Å². The smallest absolute Gasteiger partial charge is 0.272 e. The number of nitrogens with one attached hydrogen (secondary N) is 1. The normalized spacial score (nSPS) is 14.1. The maximum atomic E-state index is 6.31. The molecule has 0 radical (unpaired) electrons. The molecule has 0 spiro atoms. The fraction of sp³-hybridized carbons (Fsp3) is 0.357. The summed E-state index contributed by atoms with van der Waals surface area (Å²) >= 11 is 7.92. The minimum absolute atomic E-state index is 0.575. The summed E-state index contributed by atoms with van der Waals surface area (Å²) in [4.78, 5) is 4.05. The van der Waals surface area contributed by atoms with E-state index >= 15 is 0 Å². The van der Waals surface area contributed by atoms with Crippen molar-refractivity contribution >= 4 is 29.1 Å². The van der Waals surface area contributed by atoms with Crippen LogP contribution in [-0.4, -0.2) is 43.8 Å². The van der Waals surface area contributed by atoms with Crippen molar-refractivity contribution in [1.82, 2.24) is 24.8 Å². The molecule has 9 heteroatoms. The standard InChI is InChI=1S/C14H14ClN5O2S/c15-10-6-9(7-11-12(10)22-4-1-3-21-11)2-5-23-14-19-18-13-16-8-17-20(13)14/h6-8H,1-5H2,(H,16,17,18). The first-order valence-electron chi connectivity index (χ1n) is 7.26. The van der Waals surface area contributed by atoms with Gasteiger partial charge in [-0.3, -0.25) is 5.10 Å². The molecular formula is C14H14ClN5O2S. The van der Waals surface area contributed by atoms with Gasteiger partial charge in [-0.05, 0) is 24.1 Å². The van der Waals surface area contributed by atoms with Gasteiger partial charge in [0.05, 0.1) is 18.2 Å². The number of thioether (sulfide) groups is 1. The molecule has 4 rings (SSSR count). The van der Waals surface area contributed by atoms with E-state index in [9.17, 15) is 0 Å². The van der Waals surface area contributed by atoms with E-state index in [1.54, 1.807) is 22.6 Å². The van der Waals surface area contributed by atoms with Gasteiger partial charge in [0.15, 0.2) is 11.5 Å². The van der Waals surface area contributed by atoms with E-state index in [1.807, 2.05) is 12.1 Å². The largest absolute Gasteiger partial charge is 0.489 e. The maximum Gasteiger partial charge on any atom is 0.272 e. The lowest BCUT2D eigenvalue weighted by atomic mass is 10.1. The number of rotatable bonds is 4. The van der Waals surface area contributed by atoms with Crippen molar-refractivity contribution in [1.29, 1.82) is 0 Å². The number of aromatic amines is 1. The Morgan fingerprint density at radius 2 is 2.17 bits per heavy atom. The lowest BCUT2D eigenvalue weighted by molar-refractivity contribution is 0.297. The molecule has 120 valence electrons. The van der Waals surface area contributed by atoms with Crippen LogP contribution < -0.4 is 9.47 Å². The summed E-state index contributed by atoms with van der Waals surface area (Å²) in [6.07, 6.45) is 3.30. The second-order valence-corrected chi connectivity index (χ2v) is 6.53. The Morgan fingerprint density at radius 1 is 1.26 bits per heavy atom. The molecule has 0 unspecified atom stereocenters. The molecule has 1 aliphatic heterocycles. The molecule has 0 amide bonds. The summed E-state index contributed by atoms with van der Waals surface area (Å²) in [5, 5.41) is 12.4. The quantitative estimate of drug-likeness (QED) is 0.728. The number of benzene rings is 1. The molecule has 0 atom stereocenters. The van der Waals surface area contributed by atoms with Crippen LogP contribution in [0, 0.1) is 0 Å². The highest BCUT2D eigenvalue weighted by molar-refractivity contribution is 7.99. The van der Waals surface area contributed by atoms with Crippen LogP contribution in [0.1, 0.15) is 12.0 Å². The molecule has 0 fully saturated rings. The van der Waals surface area contributed by atoms with E-state index in [1.165, 1.54) is 0 Å². The predicted molar refractivity (Wildman–Crippen MR) is 86.6 cm³/mol. The van der Waals surface area contributed by atoms with Gasteiger partial charge in [-0.2, -0.15) is 9.50 Å². The van der Waals surface area contributed by atoms with Gasteiger partial charge < -0.3 is 9.47 Å². The van der Waals surface area contributed by atoms with Crippen molar-refractivity contribution in [3.05, 3.63) is 29.0 Å². The van der Waals surface area contributed by atoms with Gasteiger partial charge >= 0.3 is 0 Å². The monoisotopic (exact) mass is 351 g/mol. The summed E-state index contributed by atoms with van der Waals surface area (Å²) in [5.74, 6) is 2.80. The van der Waals surface area contributed by atoms with Crippen molar-refractivity contribution in [2.45, 2.75) is 18.0 Å². The second-order valence-electron chi connectivity index (χ2n) is 5.06. The van der Waals surface area contributed by atoms with Gasteiger partial charge in [-0.15, -0.1) is 10.2 Å². The van der Waals surface area contributed by atoms with Crippen molar-refractivity contribution in [3.8, 4) is 11.5 Å². The van der Waals surface area contributed by atoms with Crippen molar-refractivity contribution < 1.29 is 9.47 Å². The number of halogens is 1. The van der Waals surface area contributed by atoms with Crippen LogP contribution in [0.3, 0.4) is 0 Å². The Bertz CT molecular complexity index is 834. The number of nitrogens with zero attached hydrogens (tertiary/aromatic N) is 4. The molecule has 7 nitrogen and oxygen atoms in total. The molecule has 0 saturated carbocycles. The van der Waals surface area contributed by atoms with Crippen molar-refractivity contribution in [2.75, 3.05) is 19.0 Å². The van der Waals surface area contributed by atoms with Gasteiger partial charge in [0.1, 0.15) is 6.33 Å². The fourth-order valence-electron chi connectivity index (χ4n) is 2.39. The van der Waals surface area contributed by atoms with E-state index in [0.29, 0.717) is 29.8 Å². The highest BCUT2D eigenvalue weighted by atomic mass is 35.5. The minimum Gasteiger partial charge on any atom is -0.489 e. The Morgan fingerprint density at radius 3 is 3.13 bits per heavy atom. The SMILES string of the molecule is Clc1cc(CCSc2nnc3nc[nH]n23)cc2c1OCCCO2. The van der Waals surface area contributed by atoms with E-state index in [2.05, 4.69) is 20.3 Å². The molecule has 0 saturated heterocycles. The first-order valence-corrected chi connectivity index (χ1v) is 8.63. The molecule has 23 heavy (non-hydrogen) atoms. The average molecular weight is 352 g/mol. The lowest BCUT2D eigenvalue weighted by Crippen LogP contribution is -1.97. The van der Waals surface area contributed by atoms with Crippen LogP contribution in [0.2, 0.25) is 5.02 Å². The van der Waals surface area contributed by atoms with E-state index < -0.39 is 0 Å². The van der Waals surface area contributed by atoms with Crippen LogP contribution in [0.4, 0.5) is 0 Å². The topological polar surface area (TPSA) is 77.3 Å². The number of ether oxygens (including phenoxy) is 2. The lowest BCUT2D eigenvalue weighted by Gasteiger charge is -2.11. The number of aromatic nitrogens is 5.